The zero-order valence-electron chi connectivity index (χ0n) is 14.5. The number of nitrogen functional groups attached to an aromatic ring is 1. The first-order valence-corrected chi connectivity index (χ1v) is 8.10. The molecule has 0 aliphatic carbocycles. The fourth-order valence-corrected chi connectivity index (χ4v) is 2.31. The van der Waals surface area contributed by atoms with Crippen molar-refractivity contribution in [3.8, 4) is 6.07 Å². The van der Waals surface area contributed by atoms with Gasteiger partial charge in [-0.25, -0.2) is 0 Å². The van der Waals surface area contributed by atoms with Gasteiger partial charge in [-0.2, -0.15) is 5.26 Å². The maximum absolute atomic E-state index is 12.2. The number of hydrogen-bond donors (Lipinski definition) is 2. The van der Waals surface area contributed by atoms with Crippen molar-refractivity contribution in [2.45, 2.75) is 13.3 Å². The van der Waals surface area contributed by atoms with Crippen LogP contribution in [0.5, 0.6) is 0 Å². The molecule has 2 rings (SSSR count). The molecular formula is C20H20N4O2. The molecule has 0 spiro atoms. The zero-order valence-corrected chi connectivity index (χ0v) is 14.5. The quantitative estimate of drug-likeness (QED) is 0.476. The molecule has 26 heavy (non-hydrogen) atoms. The molecule has 2 amide bonds. The van der Waals surface area contributed by atoms with Crippen molar-refractivity contribution in [1.29, 1.82) is 5.26 Å². The number of carbonyl (C=O) groups excluding carboxylic acids is 2. The highest BCUT2D eigenvalue weighted by molar-refractivity contribution is 6.01. The van der Waals surface area contributed by atoms with E-state index < -0.39 is 5.91 Å². The number of nitrogens with one attached hydrogen (secondary N) is 1. The van der Waals surface area contributed by atoms with E-state index in [4.69, 9.17) is 5.73 Å². The Kier molecular flexibility index (Phi) is 6.52. The van der Waals surface area contributed by atoms with Crippen molar-refractivity contribution in [3.05, 3.63) is 71.9 Å². The summed E-state index contributed by atoms with van der Waals surface area (Å²) in [6.07, 6.45) is 1.89. The number of anilines is 2. The van der Waals surface area contributed by atoms with E-state index in [-0.39, 0.29) is 11.5 Å². The third kappa shape index (κ3) is 5.21. The Morgan fingerprint density at radius 1 is 1.15 bits per heavy atom. The molecule has 0 aliphatic rings. The summed E-state index contributed by atoms with van der Waals surface area (Å²) in [6.45, 7) is 1.75. The number of benzene rings is 2. The van der Waals surface area contributed by atoms with E-state index in [0.717, 1.165) is 5.56 Å². The normalized spacial score (nSPS) is 10.7. The lowest BCUT2D eigenvalue weighted by molar-refractivity contribution is -0.117. The van der Waals surface area contributed by atoms with Crippen molar-refractivity contribution in [1.82, 2.24) is 5.32 Å². The Hall–Kier alpha value is -3.59. The van der Waals surface area contributed by atoms with Gasteiger partial charge in [0, 0.05) is 31.0 Å². The van der Waals surface area contributed by atoms with Crippen LogP contribution in [0.1, 0.15) is 12.5 Å². The number of nitrogens with zero attached hydrogens (tertiary/aromatic N) is 2. The van der Waals surface area contributed by atoms with Gasteiger partial charge >= 0.3 is 0 Å². The molecule has 0 aliphatic heterocycles. The van der Waals surface area contributed by atoms with Gasteiger partial charge in [0.2, 0.25) is 5.91 Å². The minimum atomic E-state index is -0.523. The minimum Gasteiger partial charge on any atom is -0.399 e. The number of hydrogen-bond acceptors (Lipinski definition) is 4. The summed E-state index contributed by atoms with van der Waals surface area (Å²) in [6, 6.07) is 18.1. The third-order valence-corrected chi connectivity index (χ3v) is 3.68. The lowest BCUT2D eigenvalue weighted by atomic mass is 10.1. The molecule has 2 aromatic rings. The Morgan fingerprint density at radius 3 is 2.38 bits per heavy atom. The molecule has 6 heteroatoms. The summed E-state index contributed by atoms with van der Waals surface area (Å²) in [4.78, 5) is 25.4. The summed E-state index contributed by atoms with van der Waals surface area (Å²) in [7, 11) is 0. The van der Waals surface area contributed by atoms with E-state index in [1.165, 1.54) is 18.0 Å². The highest BCUT2D eigenvalue weighted by Crippen LogP contribution is 2.18. The van der Waals surface area contributed by atoms with Gasteiger partial charge in [-0.15, -0.1) is 0 Å². The van der Waals surface area contributed by atoms with Crippen LogP contribution >= 0.6 is 0 Å². The van der Waals surface area contributed by atoms with Gasteiger partial charge < -0.3 is 11.1 Å². The van der Waals surface area contributed by atoms with E-state index >= 15 is 0 Å². The first kappa shape index (κ1) is 18.7. The average Bonchev–Trinajstić information content (AvgIpc) is 2.64. The van der Waals surface area contributed by atoms with Crippen LogP contribution < -0.4 is 16.0 Å². The molecule has 2 aromatic carbocycles. The van der Waals surface area contributed by atoms with Crippen LogP contribution in [-0.2, 0) is 16.0 Å². The van der Waals surface area contributed by atoms with Crippen molar-refractivity contribution in [3.63, 3.8) is 0 Å². The van der Waals surface area contributed by atoms with E-state index in [1.54, 1.807) is 24.3 Å². The minimum absolute atomic E-state index is 0.148. The van der Waals surface area contributed by atoms with Crippen LogP contribution in [0.4, 0.5) is 11.4 Å². The van der Waals surface area contributed by atoms with Crippen LogP contribution in [0.3, 0.4) is 0 Å². The van der Waals surface area contributed by atoms with E-state index in [9.17, 15) is 14.9 Å². The number of amides is 2. The van der Waals surface area contributed by atoms with E-state index in [2.05, 4.69) is 5.32 Å². The van der Waals surface area contributed by atoms with Gasteiger partial charge in [0.15, 0.2) is 0 Å². The fraction of sp³-hybridized carbons (Fsp3) is 0.150. The van der Waals surface area contributed by atoms with Crippen LogP contribution in [0, 0.1) is 11.3 Å². The Balaban J connectivity index is 2.08. The lowest BCUT2D eigenvalue weighted by Gasteiger charge is -2.17. The fourth-order valence-electron chi connectivity index (χ4n) is 2.31. The standard InChI is InChI=1S/C20H20N4O2/c1-15(25)24(19-9-7-18(22)8-10-19)14-17(13-21)20(26)23-12-11-16-5-3-2-4-6-16/h2-10,14H,11-12,22H2,1H3,(H,23,26)/b17-14-. The lowest BCUT2D eigenvalue weighted by Crippen LogP contribution is -2.29. The largest absolute Gasteiger partial charge is 0.399 e. The smallest absolute Gasteiger partial charge is 0.263 e. The first-order chi connectivity index (χ1) is 12.5. The summed E-state index contributed by atoms with van der Waals surface area (Å²) < 4.78 is 0. The molecule has 6 nitrogen and oxygen atoms in total. The summed E-state index contributed by atoms with van der Waals surface area (Å²) >= 11 is 0. The molecule has 0 atom stereocenters. The predicted octanol–water partition coefficient (Wildman–Crippen LogP) is 2.39. The highest BCUT2D eigenvalue weighted by atomic mass is 16.2. The highest BCUT2D eigenvalue weighted by Gasteiger charge is 2.15. The van der Waals surface area contributed by atoms with Crippen molar-refractivity contribution >= 4 is 23.2 Å². The molecular weight excluding hydrogens is 328 g/mol. The molecule has 3 N–H and O–H groups in total. The predicted molar refractivity (Wildman–Crippen MR) is 101 cm³/mol. The SMILES string of the molecule is CC(=O)N(/C=C(/C#N)C(=O)NCCc1ccccc1)c1ccc(N)cc1. The van der Waals surface area contributed by atoms with Crippen LogP contribution in [-0.4, -0.2) is 18.4 Å². The maximum Gasteiger partial charge on any atom is 0.263 e. The Labute approximate surface area is 152 Å². The maximum atomic E-state index is 12.2. The van der Waals surface area contributed by atoms with E-state index in [0.29, 0.717) is 24.3 Å². The van der Waals surface area contributed by atoms with Crippen molar-refractivity contribution in [2.24, 2.45) is 0 Å². The number of rotatable bonds is 6. The molecule has 0 radical (unpaired) electrons. The molecule has 0 bridgehead atoms. The molecule has 0 heterocycles. The number of nitriles is 1. The second-order valence-electron chi connectivity index (χ2n) is 5.63. The van der Waals surface area contributed by atoms with Gasteiger partial charge in [-0.3, -0.25) is 14.5 Å². The van der Waals surface area contributed by atoms with Crippen LogP contribution in [0.2, 0.25) is 0 Å². The Bertz CT molecular complexity index is 836. The Morgan fingerprint density at radius 2 is 1.81 bits per heavy atom. The van der Waals surface area contributed by atoms with Gasteiger partial charge in [0.05, 0.1) is 0 Å². The van der Waals surface area contributed by atoms with Crippen molar-refractivity contribution < 1.29 is 9.59 Å². The average molecular weight is 348 g/mol. The monoisotopic (exact) mass is 348 g/mol. The topological polar surface area (TPSA) is 99.2 Å². The summed E-state index contributed by atoms with van der Waals surface area (Å²) in [5.74, 6) is -0.843. The second kappa shape index (κ2) is 9.04. The molecule has 132 valence electrons. The third-order valence-electron chi connectivity index (χ3n) is 3.68. The van der Waals surface area contributed by atoms with Crippen LogP contribution in [0.15, 0.2) is 66.4 Å². The van der Waals surface area contributed by atoms with Gasteiger partial charge in [-0.05, 0) is 36.2 Å². The van der Waals surface area contributed by atoms with Gasteiger partial charge in [0.25, 0.3) is 5.91 Å². The van der Waals surface area contributed by atoms with Gasteiger partial charge in [-0.1, -0.05) is 30.3 Å². The second-order valence-corrected chi connectivity index (χ2v) is 5.63. The number of carbonyl (C=O) groups is 2. The molecule has 0 unspecified atom stereocenters. The van der Waals surface area contributed by atoms with Crippen LogP contribution in [0.25, 0.3) is 0 Å². The molecule has 0 saturated carbocycles. The molecule has 0 saturated heterocycles. The molecule has 0 aromatic heterocycles. The van der Waals surface area contributed by atoms with Crippen molar-refractivity contribution in [2.75, 3.05) is 17.2 Å². The number of nitrogens with two attached hydrogens (primary N) is 1. The summed E-state index contributed by atoms with van der Waals surface area (Å²) in [5.41, 5.74) is 7.66. The van der Waals surface area contributed by atoms with Gasteiger partial charge in [0.1, 0.15) is 11.6 Å². The first-order valence-electron chi connectivity index (χ1n) is 8.10. The molecule has 0 fully saturated rings. The van der Waals surface area contributed by atoms with E-state index in [1.807, 2.05) is 36.4 Å². The summed E-state index contributed by atoms with van der Waals surface area (Å²) in [5, 5.41) is 12.0. The zero-order chi connectivity index (χ0) is 18.9.